The van der Waals surface area contributed by atoms with Crippen molar-refractivity contribution in [2.45, 2.75) is 33.2 Å². The van der Waals surface area contributed by atoms with Crippen molar-refractivity contribution in [3.8, 4) is 0 Å². The smallest absolute Gasteiger partial charge is 0.0363 e. The van der Waals surface area contributed by atoms with Crippen LogP contribution in [-0.4, -0.2) is 6.54 Å². The maximum absolute atomic E-state index is 3.62. The maximum atomic E-state index is 3.62. The molecule has 0 spiro atoms. The van der Waals surface area contributed by atoms with Crippen LogP contribution in [0.2, 0.25) is 0 Å². The van der Waals surface area contributed by atoms with Crippen LogP contribution in [-0.2, 0) is 6.42 Å². The Kier molecular flexibility index (Phi) is 5.38. The summed E-state index contributed by atoms with van der Waals surface area (Å²) >= 11 is 3.55. The zero-order valence-electron chi connectivity index (χ0n) is 12.4. The molecule has 2 aromatic carbocycles. The normalized spacial score (nSPS) is 12.4. The van der Waals surface area contributed by atoms with E-state index in [1.165, 1.54) is 22.3 Å². The van der Waals surface area contributed by atoms with Crippen molar-refractivity contribution in [1.29, 1.82) is 0 Å². The lowest BCUT2D eigenvalue weighted by molar-refractivity contribution is 0.547. The Morgan fingerprint density at radius 1 is 1.10 bits per heavy atom. The molecule has 0 amide bonds. The van der Waals surface area contributed by atoms with Crippen LogP contribution in [0.4, 0.5) is 0 Å². The number of halogens is 1. The fourth-order valence-electron chi connectivity index (χ4n) is 2.59. The average Bonchev–Trinajstić information content (AvgIpc) is 2.42. The molecule has 0 aromatic heterocycles. The summed E-state index contributed by atoms with van der Waals surface area (Å²) in [6, 6.07) is 15.5. The predicted molar refractivity (Wildman–Crippen MR) is 90.2 cm³/mol. The van der Waals surface area contributed by atoms with Gasteiger partial charge in [-0.25, -0.2) is 0 Å². The zero-order chi connectivity index (χ0) is 14.5. The second-order valence-electron chi connectivity index (χ2n) is 5.23. The summed E-state index contributed by atoms with van der Waals surface area (Å²) in [5, 5.41) is 3.62. The molecule has 0 saturated carbocycles. The van der Waals surface area contributed by atoms with Crippen molar-refractivity contribution in [2.75, 3.05) is 6.54 Å². The molecule has 106 valence electrons. The number of benzene rings is 2. The van der Waals surface area contributed by atoms with Gasteiger partial charge < -0.3 is 5.32 Å². The van der Waals surface area contributed by atoms with Crippen LogP contribution >= 0.6 is 15.9 Å². The van der Waals surface area contributed by atoms with E-state index in [9.17, 15) is 0 Å². The Balaban J connectivity index is 2.29. The minimum Gasteiger partial charge on any atom is -0.310 e. The SMILES string of the molecule is CCNC(Cc1cccc(Br)c1)c1cccc(C)c1C. The highest BCUT2D eigenvalue weighted by molar-refractivity contribution is 9.10. The summed E-state index contributed by atoms with van der Waals surface area (Å²) in [5.41, 5.74) is 5.52. The molecule has 0 heterocycles. The average molecular weight is 332 g/mol. The van der Waals surface area contributed by atoms with Gasteiger partial charge >= 0.3 is 0 Å². The second kappa shape index (κ2) is 7.05. The first-order chi connectivity index (χ1) is 9.61. The Bertz CT molecular complexity index is 577. The van der Waals surface area contributed by atoms with Crippen LogP contribution in [0, 0.1) is 13.8 Å². The molecule has 0 fully saturated rings. The molecular weight excluding hydrogens is 310 g/mol. The monoisotopic (exact) mass is 331 g/mol. The first kappa shape index (κ1) is 15.3. The summed E-state index contributed by atoms with van der Waals surface area (Å²) in [7, 11) is 0. The van der Waals surface area contributed by atoms with E-state index in [4.69, 9.17) is 0 Å². The highest BCUT2D eigenvalue weighted by Gasteiger charge is 2.14. The van der Waals surface area contributed by atoms with Crippen LogP contribution in [0.1, 0.15) is 35.2 Å². The van der Waals surface area contributed by atoms with Crippen molar-refractivity contribution < 1.29 is 0 Å². The van der Waals surface area contributed by atoms with Crippen LogP contribution < -0.4 is 5.32 Å². The van der Waals surface area contributed by atoms with Gasteiger partial charge in [0.25, 0.3) is 0 Å². The molecule has 0 saturated heterocycles. The van der Waals surface area contributed by atoms with E-state index in [0.717, 1.165) is 17.4 Å². The molecule has 1 unspecified atom stereocenters. The minimum atomic E-state index is 0.370. The Labute approximate surface area is 130 Å². The van der Waals surface area contributed by atoms with E-state index in [-0.39, 0.29) is 0 Å². The van der Waals surface area contributed by atoms with Gasteiger partial charge in [0.05, 0.1) is 0 Å². The largest absolute Gasteiger partial charge is 0.310 e. The third kappa shape index (κ3) is 3.71. The fourth-order valence-corrected chi connectivity index (χ4v) is 3.04. The summed E-state index contributed by atoms with van der Waals surface area (Å²) in [6.45, 7) is 7.54. The van der Waals surface area contributed by atoms with Gasteiger partial charge in [-0.1, -0.05) is 53.2 Å². The molecule has 0 aliphatic carbocycles. The lowest BCUT2D eigenvalue weighted by atomic mass is 9.93. The van der Waals surface area contributed by atoms with Gasteiger partial charge in [-0.05, 0) is 61.2 Å². The summed E-state index contributed by atoms with van der Waals surface area (Å²) in [4.78, 5) is 0. The first-order valence-electron chi connectivity index (χ1n) is 7.15. The quantitative estimate of drug-likeness (QED) is 0.816. The molecule has 2 rings (SSSR count). The molecule has 2 heteroatoms. The zero-order valence-corrected chi connectivity index (χ0v) is 14.0. The van der Waals surface area contributed by atoms with Crippen molar-refractivity contribution in [1.82, 2.24) is 5.32 Å². The van der Waals surface area contributed by atoms with Crippen molar-refractivity contribution in [3.63, 3.8) is 0 Å². The molecular formula is C18H22BrN. The molecule has 2 aromatic rings. The molecule has 20 heavy (non-hydrogen) atoms. The Hall–Kier alpha value is -1.12. The van der Waals surface area contributed by atoms with Crippen LogP contribution in [0.5, 0.6) is 0 Å². The van der Waals surface area contributed by atoms with Crippen molar-refractivity contribution in [3.05, 3.63) is 69.2 Å². The fraction of sp³-hybridized carbons (Fsp3) is 0.333. The summed E-state index contributed by atoms with van der Waals surface area (Å²) in [5.74, 6) is 0. The number of aryl methyl sites for hydroxylation is 1. The molecule has 0 aliphatic heterocycles. The highest BCUT2D eigenvalue weighted by Crippen LogP contribution is 2.25. The van der Waals surface area contributed by atoms with Gasteiger partial charge in [-0.15, -0.1) is 0 Å². The van der Waals surface area contributed by atoms with E-state index in [1.54, 1.807) is 0 Å². The predicted octanol–water partition coefficient (Wildman–Crippen LogP) is 4.96. The van der Waals surface area contributed by atoms with Gasteiger partial charge in [0.2, 0.25) is 0 Å². The number of hydrogen-bond acceptors (Lipinski definition) is 1. The molecule has 1 nitrogen and oxygen atoms in total. The third-order valence-electron chi connectivity index (χ3n) is 3.80. The molecule has 0 bridgehead atoms. The molecule has 1 N–H and O–H groups in total. The maximum Gasteiger partial charge on any atom is 0.0363 e. The van der Waals surface area contributed by atoms with E-state index >= 15 is 0 Å². The minimum absolute atomic E-state index is 0.370. The topological polar surface area (TPSA) is 12.0 Å². The van der Waals surface area contributed by atoms with Gasteiger partial charge in [0.15, 0.2) is 0 Å². The van der Waals surface area contributed by atoms with Gasteiger partial charge in [-0.2, -0.15) is 0 Å². The van der Waals surface area contributed by atoms with E-state index in [0.29, 0.717) is 6.04 Å². The van der Waals surface area contributed by atoms with Crippen LogP contribution in [0.25, 0.3) is 0 Å². The Morgan fingerprint density at radius 3 is 2.55 bits per heavy atom. The van der Waals surface area contributed by atoms with Gasteiger partial charge in [0, 0.05) is 10.5 Å². The lowest BCUT2D eigenvalue weighted by Gasteiger charge is -2.21. The standard InChI is InChI=1S/C18H22BrN/c1-4-20-18(12-15-8-6-9-16(19)11-15)17-10-5-7-13(2)14(17)3/h5-11,18,20H,4,12H2,1-3H3. The molecule has 0 radical (unpaired) electrons. The third-order valence-corrected chi connectivity index (χ3v) is 4.29. The Morgan fingerprint density at radius 2 is 1.85 bits per heavy atom. The van der Waals surface area contributed by atoms with Crippen molar-refractivity contribution >= 4 is 15.9 Å². The number of nitrogens with one attached hydrogen (secondary N) is 1. The van der Waals surface area contributed by atoms with E-state index in [1.807, 2.05) is 0 Å². The van der Waals surface area contributed by atoms with Gasteiger partial charge in [0.1, 0.15) is 0 Å². The first-order valence-corrected chi connectivity index (χ1v) is 7.95. The highest BCUT2D eigenvalue weighted by atomic mass is 79.9. The van der Waals surface area contributed by atoms with Crippen molar-refractivity contribution in [2.24, 2.45) is 0 Å². The number of hydrogen-bond donors (Lipinski definition) is 1. The number of rotatable bonds is 5. The van der Waals surface area contributed by atoms with Crippen LogP contribution in [0.3, 0.4) is 0 Å². The van der Waals surface area contributed by atoms with E-state index in [2.05, 4.69) is 84.5 Å². The second-order valence-corrected chi connectivity index (χ2v) is 6.15. The lowest BCUT2D eigenvalue weighted by Crippen LogP contribution is -2.24. The van der Waals surface area contributed by atoms with E-state index < -0.39 is 0 Å². The number of likely N-dealkylation sites (N-methyl/N-ethyl adjacent to an activating group) is 1. The summed E-state index contributed by atoms with van der Waals surface area (Å²) < 4.78 is 1.14. The summed E-state index contributed by atoms with van der Waals surface area (Å²) in [6.07, 6.45) is 1.01. The molecule has 0 aliphatic rings. The molecule has 1 atom stereocenters. The van der Waals surface area contributed by atoms with Crippen LogP contribution in [0.15, 0.2) is 46.9 Å². The van der Waals surface area contributed by atoms with Gasteiger partial charge in [-0.3, -0.25) is 0 Å².